The molecule has 0 aliphatic carbocycles. The number of allylic oxidation sites excluding steroid dienone is 1. The molecule has 0 amide bonds. The number of rotatable bonds is 10. The van der Waals surface area contributed by atoms with E-state index in [0.29, 0.717) is 6.04 Å². The van der Waals surface area contributed by atoms with Crippen LogP contribution >= 0.6 is 11.3 Å². The largest absolute Gasteiger partial charge is 0.309 e. The maximum Gasteiger partial charge on any atom is 0.0415 e. The van der Waals surface area contributed by atoms with Crippen LogP contribution in [0.15, 0.2) is 43.0 Å². The molecule has 1 nitrogen and oxygen atoms in total. The first-order chi connectivity index (χ1) is 10.3. The summed E-state index contributed by atoms with van der Waals surface area (Å²) >= 11 is 1.95. The van der Waals surface area contributed by atoms with Gasteiger partial charge < -0.3 is 5.32 Å². The fourth-order valence-electron chi connectivity index (χ4n) is 2.65. The van der Waals surface area contributed by atoms with Crippen molar-refractivity contribution in [2.24, 2.45) is 0 Å². The van der Waals surface area contributed by atoms with Crippen LogP contribution in [0.4, 0.5) is 0 Å². The van der Waals surface area contributed by atoms with Crippen LogP contribution in [-0.4, -0.2) is 6.54 Å². The first-order valence-electron chi connectivity index (χ1n) is 8.18. The van der Waals surface area contributed by atoms with Crippen LogP contribution < -0.4 is 5.32 Å². The van der Waals surface area contributed by atoms with Crippen molar-refractivity contribution in [3.63, 3.8) is 0 Å². The molecule has 1 N–H and O–H groups in total. The quantitative estimate of drug-likeness (QED) is 0.414. The standard InChI is InChI=1S/C19H27NS/c1-3-5-6-7-8-12-17(20-14-4-2)19-15-16-11-9-10-13-18(16)21-19/h3,9-11,13,15,17,20H,1,4-8,12,14H2,2H3. The van der Waals surface area contributed by atoms with Crippen LogP contribution in [0.3, 0.4) is 0 Å². The minimum absolute atomic E-state index is 0.520. The maximum absolute atomic E-state index is 3.80. The van der Waals surface area contributed by atoms with Gasteiger partial charge in [0.15, 0.2) is 0 Å². The monoisotopic (exact) mass is 301 g/mol. The van der Waals surface area contributed by atoms with Gasteiger partial charge in [0.2, 0.25) is 0 Å². The van der Waals surface area contributed by atoms with Gasteiger partial charge in [0.05, 0.1) is 0 Å². The summed E-state index contributed by atoms with van der Waals surface area (Å²) in [7, 11) is 0. The Balaban J connectivity index is 1.98. The zero-order valence-corrected chi connectivity index (χ0v) is 13.9. The predicted octanol–water partition coefficient (Wildman–Crippen LogP) is 6.08. The van der Waals surface area contributed by atoms with Crippen molar-refractivity contribution in [2.75, 3.05) is 6.54 Å². The Labute approximate surface area is 133 Å². The second-order valence-corrected chi connectivity index (χ2v) is 6.74. The average Bonchev–Trinajstić information content (AvgIpc) is 2.93. The molecule has 2 rings (SSSR count). The zero-order chi connectivity index (χ0) is 14.9. The van der Waals surface area contributed by atoms with E-state index in [2.05, 4.69) is 49.2 Å². The topological polar surface area (TPSA) is 12.0 Å². The Kier molecular flexibility index (Phi) is 6.98. The van der Waals surface area contributed by atoms with Crippen molar-refractivity contribution in [3.05, 3.63) is 47.9 Å². The lowest BCUT2D eigenvalue weighted by atomic mass is 10.0. The Morgan fingerprint density at radius 2 is 2.10 bits per heavy atom. The van der Waals surface area contributed by atoms with Gasteiger partial charge in [-0.15, -0.1) is 17.9 Å². The van der Waals surface area contributed by atoms with Crippen molar-refractivity contribution in [1.29, 1.82) is 0 Å². The van der Waals surface area contributed by atoms with E-state index in [1.807, 2.05) is 17.4 Å². The molecule has 1 unspecified atom stereocenters. The smallest absolute Gasteiger partial charge is 0.0415 e. The SMILES string of the molecule is C=CCCCCCC(NCCC)c1cc2ccccc2s1. The summed E-state index contributed by atoms with van der Waals surface area (Å²) in [6.45, 7) is 7.13. The van der Waals surface area contributed by atoms with Crippen LogP contribution in [0.5, 0.6) is 0 Å². The first-order valence-corrected chi connectivity index (χ1v) is 8.99. The molecule has 0 fully saturated rings. The minimum atomic E-state index is 0.520. The summed E-state index contributed by atoms with van der Waals surface area (Å²) in [4.78, 5) is 1.49. The first kappa shape index (κ1) is 16.3. The van der Waals surface area contributed by atoms with Gasteiger partial charge in [-0.05, 0) is 49.7 Å². The number of nitrogens with one attached hydrogen (secondary N) is 1. The molecule has 0 bridgehead atoms. The number of unbranched alkanes of at least 4 members (excludes halogenated alkanes) is 3. The van der Waals surface area contributed by atoms with Crippen molar-refractivity contribution >= 4 is 21.4 Å². The summed E-state index contributed by atoms with van der Waals surface area (Å²) in [5.74, 6) is 0. The van der Waals surface area contributed by atoms with Gasteiger partial charge in [-0.25, -0.2) is 0 Å². The molecule has 1 aromatic heterocycles. The highest BCUT2D eigenvalue weighted by Gasteiger charge is 2.13. The van der Waals surface area contributed by atoms with E-state index in [1.54, 1.807) is 0 Å². The molecule has 0 spiro atoms. The Morgan fingerprint density at radius 3 is 2.86 bits per heavy atom. The summed E-state index contributed by atoms with van der Waals surface area (Å²) in [5, 5.41) is 5.11. The molecule has 2 heteroatoms. The van der Waals surface area contributed by atoms with Gasteiger partial charge in [0.25, 0.3) is 0 Å². The van der Waals surface area contributed by atoms with Crippen LogP contribution in [0, 0.1) is 0 Å². The van der Waals surface area contributed by atoms with Crippen LogP contribution in [0.2, 0.25) is 0 Å². The molecule has 0 saturated heterocycles. The average molecular weight is 301 g/mol. The minimum Gasteiger partial charge on any atom is -0.309 e. The summed E-state index contributed by atoms with van der Waals surface area (Å²) in [6.07, 6.45) is 9.48. The van der Waals surface area contributed by atoms with Gasteiger partial charge >= 0.3 is 0 Å². The highest BCUT2D eigenvalue weighted by atomic mass is 32.1. The number of thiophene rings is 1. The van der Waals surface area contributed by atoms with E-state index in [1.165, 1.54) is 47.1 Å². The van der Waals surface area contributed by atoms with Crippen molar-refractivity contribution < 1.29 is 0 Å². The molecule has 1 aromatic carbocycles. The summed E-state index contributed by atoms with van der Waals surface area (Å²) in [6, 6.07) is 11.6. The molecular weight excluding hydrogens is 274 g/mol. The van der Waals surface area contributed by atoms with E-state index in [0.717, 1.165) is 13.0 Å². The Hall–Kier alpha value is -1.12. The molecule has 21 heavy (non-hydrogen) atoms. The fourth-order valence-corrected chi connectivity index (χ4v) is 3.83. The van der Waals surface area contributed by atoms with Crippen LogP contribution in [0.25, 0.3) is 10.1 Å². The third kappa shape index (κ3) is 4.98. The van der Waals surface area contributed by atoms with Crippen LogP contribution in [-0.2, 0) is 0 Å². The molecule has 114 valence electrons. The van der Waals surface area contributed by atoms with Crippen molar-refractivity contribution in [1.82, 2.24) is 5.32 Å². The van der Waals surface area contributed by atoms with Gasteiger partial charge in [-0.1, -0.05) is 44.0 Å². The van der Waals surface area contributed by atoms with Crippen molar-refractivity contribution in [3.8, 4) is 0 Å². The normalized spacial score (nSPS) is 12.6. The molecule has 0 aliphatic heterocycles. The third-order valence-corrected chi connectivity index (χ3v) is 5.06. The fraction of sp³-hybridized carbons (Fsp3) is 0.474. The Morgan fingerprint density at radius 1 is 1.24 bits per heavy atom. The number of fused-ring (bicyclic) bond motifs is 1. The maximum atomic E-state index is 3.80. The lowest BCUT2D eigenvalue weighted by molar-refractivity contribution is 0.478. The van der Waals surface area contributed by atoms with Gasteiger partial charge in [0, 0.05) is 15.6 Å². The molecular formula is C19H27NS. The molecule has 1 atom stereocenters. The van der Waals surface area contributed by atoms with E-state index in [9.17, 15) is 0 Å². The second kappa shape index (κ2) is 9.01. The number of hydrogen-bond acceptors (Lipinski definition) is 2. The van der Waals surface area contributed by atoms with Crippen molar-refractivity contribution in [2.45, 2.75) is 51.5 Å². The number of benzene rings is 1. The second-order valence-electron chi connectivity index (χ2n) is 5.62. The Bertz CT molecular complexity index is 510. The lowest BCUT2D eigenvalue weighted by Gasteiger charge is -2.17. The van der Waals surface area contributed by atoms with E-state index >= 15 is 0 Å². The van der Waals surface area contributed by atoms with Gasteiger partial charge in [0.1, 0.15) is 0 Å². The molecule has 1 heterocycles. The predicted molar refractivity (Wildman–Crippen MR) is 96.1 cm³/mol. The summed E-state index contributed by atoms with van der Waals surface area (Å²) < 4.78 is 1.41. The highest BCUT2D eigenvalue weighted by molar-refractivity contribution is 7.19. The molecule has 0 radical (unpaired) electrons. The van der Waals surface area contributed by atoms with E-state index < -0.39 is 0 Å². The van der Waals surface area contributed by atoms with Gasteiger partial charge in [-0.3, -0.25) is 0 Å². The number of hydrogen-bond donors (Lipinski definition) is 1. The highest BCUT2D eigenvalue weighted by Crippen LogP contribution is 2.32. The zero-order valence-electron chi connectivity index (χ0n) is 13.1. The summed E-state index contributed by atoms with van der Waals surface area (Å²) in [5.41, 5.74) is 0. The lowest BCUT2D eigenvalue weighted by Crippen LogP contribution is -2.21. The van der Waals surface area contributed by atoms with E-state index in [-0.39, 0.29) is 0 Å². The molecule has 0 saturated carbocycles. The van der Waals surface area contributed by atoms with E-state index in [4.69, 9.17) is 0 Å². The third-order valence-electron chi connectivity index (χ3n) is 3.83. The molecule has 0 aliphatic rings. The molecule has 2 aromatic rings. The van der Waals surface area contributed by atoms with Crippen LogP contribution in [0.1, 0.15) is 56.4 Å². The van der Waals surface area contributed by atoms with Gasteiger partial charge in [-0.2, -0.15) is 0 Å².